The van der Waals surface area contributed by atoms with Crippen LogP contribution in [0.5, 0.6) is 0 Å². The predicted octanol–water partition coefficient (Wildman–Crippen LogP) is -0.195. The maximum atomic E-state index is 11.9. The maximum absolute atomic E-state index is 11.9. The van der Waals surface area contributed by atoms with Crippen molar-refractivity contribution in [1.82, 2.24) is 5.32 Å². The first-order valence-corrected chi connectivity index (χ1v) is 8.88. The molecular weight excluding hydrogens is 362 g/mol. The van der Waals surface area contributed by atoms with Crippen LogP contribution in [0.4, 0.5) is 0 Å². The second-order valence-electron chi connectivity index (χ2n) is 5.94. The largest absolute Gasteiger partial charge is 0.463 e. The number of ether oxygens (including phenoxy) is 4. The van der Waals surface area contributed by atoms with Gasteiger partial charge in [0.25, 0.3) is 0 Å². The molecule has 0 bridgehead atoms. The first-order chi connectivity index (χ1) is 12.7. The third-order valence-corrected chi connectivity index (χ3v) is 3.85. The Hall–Kier alpha value is -2.20. The van der Waals surface area contributed by atoms with Crippen molar-refractivity contribution in [3.05, 3.63) is 0 Å². The number of rotatable bonds is 8. The summed E-state index contributed by atoms with van der Waals surface area (Å²) in [6.45, 7) is 5.64. The molecule has 0 spiro atoms. The summed E-state index contributed by atoms with van der Waals surface area (Å²) in [5.41, 5.74) is 0. The van der Waals surface area contributed by atoms with E-state index in [9.17, 15) is 24.3 Å². The fourth-order valence-corrected chi connectivity index (χ4v) is 2.47. The highest BCUT2D eigenvalue weighted by Gasteiger charge is 2.50. The van der Waals surface area contributed by atoms with E-state index in [1.165, 1.54) is 6.92 Å². The Morgan fingerprint density at radius 2 is 1.44 bits per heavy atom. The Balaban J connectivity index is 3.15. The van der Waals surface area contributed by atoms with Crippen LogP contribution < -0.4 is 5.32 Å². The number of carbonyl (C=O) groups excluding carboxylic acids is 4. The predicted molar refractivity (Wildman–Crippen MR) is 90.1 cm³/mol. The number of hydrogen-bond acceptors (Lipinski definition) is 9. The van der Waals surface area contributed by atoms with Crippen molar-refractivity contribution in [2.75, 3.05) is 6.61 Å². The summed E-state index contributed by atoms with van der Waals surface area (Å²) in [7, 11) is 0. The zero-order chi connectivity index (χ0) is 20.6. The lowest BCUT2D eigenvalue weighted by atomic mass is 9.96. The normalized spacial score (nSPS) is 27.4. The SMILES string of the molecule is CCC(=O)OCC1OC(O)C(NC(C)=O)[C@@H](OC(=O)CC)[C@H]1OC(=O)CC. The van der Waals surface area contributed by atoms with Gasteiger partial charge in [0.05, 0.1) is 0 Å². The van der Waals surface area contributed by atoms with Crippen LogP contribution in [0, 0.1) is 0 Å². The number of nitrogens with one attached hydrogen (secondary N) is 1. The van der Waals surface area contributed by atoms with Crippen LogP contribution in [0.1, 0.15) is 47.0 Å². The molecule has 154 valence electrons. The molecule has 0 aromatic rings. The second-order valence-corrected chi connectivity index (χ2v) is 5.94. The number of amides is 1. The summed E-state index contributed by atoms with van der Waals surface area (Å²) < 4.78 is 21.1. The number of aliphatic hydroxyl groups excluding tert-OH is 1. The van der Waals surface area contributed by atoms with Crippen molar-refractivity contribution in [3.63, 3.8) is 0 Å². The van der Waals surface area contributed by atoms with Gasteiger partial charge in [0.1, 0.15) is 18.8 Å². The summed E-state index contributed by atoms with van der Waals surface area (Å²) in [4.78, 5) is 46.6. The van der Waals surface area contributed by atoms with E-state index in [1.54, 1.807) is 20.8 Å². The highest BCUT2D eigenvalue weighted by Crippen LogP contribution is 2.26. The van der Waals surface area contributed by atoms with Gasteiger partial charge in [-0.05, 0) is 0 Å². The molecule has 2 N–H and O–H groups in total. The minimum atomic E-state index is -1.56. The van der Waals surface area contributed by atoms with E-state index in [-0.39, 0.29) is 25.9 Å². The van der Waals surface area contributed by atoms with Gasteiger partial charge in [-0.2, -0.15) is 0 Å². The monoisotopic (exact) mass is 389 g/mol. The van der Waals surface area contributed by atoms with Gasteiger partial charge in [0, 0.05) is 26.2 Å². The van der Waals surface area contributed by atoms with Gasteiger partial charge >= 0.3 is 17.9 Å². The van der Waals surface area contributed by atoms with E-state index < -0.39 is 54.5 Å². The minimum absolute atomic E-state index is 0.0319. The number of esters is 3. The highest BCUT2D eigenvalue weighted by atomic mass is 16.7. The Morgan fingerprint density at radius 3 is 1.93 bits per heavy atom. The van der Waals surface area contributed by atoms with E-state index in [4.69, 9.17) is 18.9 Å². The molecule has 10 nitrogen and oxygen atoms in total. The van der Waals surface area contributed by atoms with Crippen LogP contribution in [-0.4, -0.2) is 66.2 Å². The van der Waals surface area contributed by atoms with Crippen LogP contribution in [0.25, 0.3) is 0 Å². The van der Waals surface area contributed by atoms with Crippen LogP contribution in [0.2, 0.25) is 0 Å². The standard InChI is InChI=1S/C17H27NO9/c1-5-11(20)24-8-10-15(26-12(21)6-2)16(27-13(22)7-3)14(17(23)25-10)18-9(4)19/h10,14-17,23H,5-8H2,1-4H3,(H,18,19)/t10?,14?,15-,16+,17?/m0/s1. The first-order valence-electron chi connectivity index (χ1n) is 8.88. The van der Waals surface area contributed by atoms with E-state index >= 15 is 0 Å². The average Bonchev–Trinajstić information content (AvgIpc) is 2.64. The summed E-state index contributed by atoms with van der Waals surface area (Å²) in [6.07, 6.45) is -4.85. The molecule has 0 aliphatic carbocycles. The fraction of sp³-hybridized carbons (Fsp3) is 0.765. The fourth-order valence-electron chi connectivity index (χ4n) is 2.47. The Labute approximate surface area is 157 Å². The van der Waals surface area contributed by atoms with Gasteiger partial charge in [-0.1, -0.05) is 20.8 Å². The lowest BCUT2D eigenvalue weighted by molar-refractivity contribution is -0.265. The summed E-state index contributed by atoms with van der Waals surface area (Å²) in [6, 6.07) is -1.16. The van der Waals surface area contributed by atoms with Gasteiger partial charge in [-0.25, -0.2) is 0 Å². The molecule has 1 rings (SSSR count). The molecule has 0 aromatic heterocycles. The first kappa shape index (κ1) is 22.8. The molecule has 0 radical (unpaired) electrons. The molecule has 0 saturated carbocycles. The van der Waals surface area contributed by atoms with Crippen LogP contribution in [-0.2, 0) is 38.1 Å². The van der Waals surface area contributed by atoms with E-state index in [0.29, 0.717) is 0 Å². The Bertz CT molecular complexity index is 551. The van der Waals surface area contributed by atoms with Crippen molar-refractivity contribution in [3.8, 4) is 0 Å². The van der Waals surface area contributed by atoms with Gasteiger partial charge in [-0.15, -0.1) is 0 Å². The summed E-state index contributed by atoms with van der Waals surface area (Å²) >= 11 is 0. The molecule has 1 aliphatic heterocycles. The number of aliphatic hydroxyl groups is 1. The quantitative estimate of drug-likeness (QED) is 0.427. The van der Waals surface area contributed by atoms with Gasteiger partial charge in [0.2, 0.25) is 5.91 Å². The molecule has 1 saturated heterocycles. The van der Waals surface area contributed by atoms with Crippen LogP contribution >= 0.6 is 0 Å². The highest BCUT2D eigenvalue weighted by molar-refractivity contribution is 5.74. The molecule has 1 heterocycles. The molecular formula is C17H27NO9. The molecule has 10 heteroatoms. The van der Waals surface area contributed by atoms with Crippen molar-refractivity contribution in [2.24, 2.45) is 0 Å². The molecule has 27 heavy (non-hydrogen) atoms. The molecule has 1 amide bonds. The minimum Gasteiger partial charge on any atom is -0.463 e. The van der Waals surface area contributed by atoms with Gasteiger partial charge in [-0.3, -0.25) is 19.2 Å². The maximum Gasteiger partial charge on any atom is 0.306 e. The van der Waals surface area contributed by atoms with Crippen molar-refractivity contribution in [2.45, 2.75) is 77.6 Å². The Kier molecular flexibility index (Phi) is 9.16. The van der Waals surface area contributed by atoms with Crippen molar-refractivity contribution in [1.29, 1.82) is 0 Å². The average molecular weight is 389 g/mol. The number of carbonyl (C=O) groups is 4. The molecule has 5 atom stereocenters. The van der Waals surface area contributed by atoms with E-state index in [0.717, 1.165) is 0 Å². The zero-order valence-corrected chi connectivity index (χ0v) is 15.9. The molecule has 1 aliphatic rings. The van der Waals surface area contributed by atoms with Gasteiger partial charge in [0.15, 0.2) is 18.5 Å². The van der Waals surface area contributed by atoms with Crippen LogP contribution in [0.3, 0.4) is 0 Å². The molecule has 3 unspecified atom stereocenters. The smallest absolute Gasteiger partial charge is 0.306 e. The third kappa shape index (κ3) is 6.79. The van der Waals surface area contributed by atoms with E-state index in [1.807, 2.05) is 0 Å². The third-order valence-electron chi connectivity index (χ3n) is 3.85. The topological polar surface area (TPSA) is 137 Å². The van der Waals surface area contributed by atoms with Crippen LogP contribution in [0.15, 0.2) is 0 Å². The lowest BCUT2D eigenvalue weighted by Crippen LogP contribution is -2.66. The summed E-state index contributed by atoms with van der Waals surface area (Å²) in [5, 5.41) is 12.7. The van der Waals surface area contributed by atoms with E-state index in [2.05, 4.69) is 5.32 Å². The van der Waals surface area contributed by atoms with Crippen molar-refractivity contribution < 1.29 is 43.2 Å². The Morgan fingerprint density at radius 1 is 0.926 bits per heavy atom. The zero-order valence-electron chi connectivity index (χ0n) is 15.9. The summed E-state index contributed by atoms with van der Waals surface area (Å²) in [5.74, 6) is -2.24. The molecule has 1 fully saturated rings. The number of hydrogen-bond donors (Lipinski definition) is 2. The lowest BCUT2D eigenvalue weighted by Gasteiger charge is -2.43. The van der Waals surface area contributed by atoms with Crippen molar-refractivity contribution >= 4 is 23.8 Å². The van der Waals surface area contributed by atoms with Gasteiger partial charge < -0.3 is 29.4 Å². The second kappa shape index (κ2) is 10.8. The molecule has 0 aromatic carbocycles.